The lowest BCUT2D eigenvalue weighted by Gasteiger charge is -2.02. The molecule has 3 rings (SSSR count). The summed E-state index contributed by atoms with van der Waals surface area (Å²) >= 11 is 1.35. The summed E-state index contributed by atoms with van der Waals surface area (Å²) in [7, 11) is 0. The van der Waals surface area contributed by atoms with E-state index in [0.29, 0.717) is 16.3 Å². The van der Waals surface area contributed by atoms with E-state index in [4.69, 9.17) is 0 Å². The van der Waals surface area contributed by atoms with Crippen LogP contribution in [0.1, 0.15) is 5.01 Å². The van der Waals surface area contributed by atoms with Crippen molar-refractivity contribution in [1.29, 1.82) is 5.26 Å². The van der Waals surface area contributed by atoms with Gasteiger partial charge in [-0.2, -0.15) is 5.26 Å². The molecule has 0 aliphatic carbocycles. The zero-order valence-corrected chi connectivity index (χ0v) is 13.7. The van der Waals surface area contributed by atoms with Gasteiger partial charge in [0.15, 0.2) is 0 Å². The van der Waals surface area contributed by atoms with Gasteiger partial charge in [0.25, 0.3) is 5.69 Å². The number of hydrogen-bond acceptors (Lipinski definition) is 6. The smallest absolute Gasteiger partial charge is 0.292 e. The minimum Gasteiger partial charge on any atom is -0.355 e. The van der Waals surface area contributed by atoms with E-state index in [9.17, 15) is 15.4 Å². The minimum absolute atomic E-state index is 0.0554. The molecule has 0 aliphatic heterocycles. The molecule has 122 valence electrons. The molecule has 0 fully saturated rings. The van der Waals surface area contributed by atoms with Crippen molar-refractivity contribution >= 4 is 28.3 Å². The molecule has 7 heteroatoms. The van der Waals surface area contributed by atoms with Crippen LogP contribution in [0.25, 0.3) is 16.8 Å². The van der Waals surface area contributed by atoms with E-state index >= 15 is 0 Å². The third-order valence-electron chi connectivity index (χ3n) is 3.40. The standard InChI is InChI=1S/C18H12N4O2S/c19-10-14(11-20-15-8-4-5-9-17(15)22(23)24)18-21-16(12-25-18)13-6-2-1-3-7-13/h1-9,11-12,20H/b14-11+. The Morgan fingerprint density at radius 2 is 1.92 bits per heavy atom. The molecule has 2 aromatic carbocycles. The predicted octanol–water partition coefficient (Wildman–Crippen LogP) is 4.69. The third kappa shape index (κ3) is 3.71. The first-order chi connectivity index (χ1) is 12.2. The fourth-order valence-corrected chi connectivity index (χ4v) is 2.98. The average molecular weight is 348 g/mol. The molecule has 25 heavy (non-hydrogen) atoms. The van der Waals surface area contributed by atoms with Crippen molar-refractivity contribution in [2.75, 3.05) is 5.32 Å². The Hall–Kier alpha value is -3.50. The highest BCUT2D eigenvalue weighted by molar-refractivity contribution is 7.11. The Kier molecular flexibility index (Phi) is 4.83. The normalized spacial score (nSPS) is 10.9. The Morgan fingerprint density at radius 1 is 1.20 bits per heavy atom. The second-order valence-electron chi connectivity index (χ2n) is 4.99. The highest BCUT2D eigenvalue weighted by Crippen LogP contribution is 2.27. The van der Waals surface area contributed by atoms with E-state index < -0.39 is 4.92 Å². The number of hydrogen-bond donors (Lipinski definition) is 1. The third-order valence-corrected chi connectivity index (χ3v) is 4.27. The van der Waals surface area contributed by atoms with Crippen molar-refractivity contribution in [2.45, 2.75) is 0 Å². The SMILES string of the molecule is N#C/C(=C\Nc1ccccc1[N+](=O)[O-])c1nc(-c2ccccc2)cs1. The van der Waals surface area contributed by atoms with Crippen LogP contribution in [0, 0.1) is 21.4 Å². The molecule has 1 heterocycles. The first-order valence-corrected chi connectivity index (χ1v) is 8.18. The van der Waals surface area contributed by atoms with Gasteiger partial charge in [0.05, 0.1) is 10.6 Å². The fraction of sp³-hybridized carbons (Fsp3) is 0. The van der Waals surface area contributed by atoms with Crippen molar-refractivity contribution in [2.24, 2.45) is 0 Å². The highest BCUT2D eigenvalue weighted by Gasteiger charge is 2.13. The molecule has 0 spiro atoms. The summed E-state index contributed by atoms with van der Waals surface area (Å²) in [6.07, 6.45) is 1.44. The number of para-hydroxylation sites is 2. The number of benzene rings is 2. The van der Waals surface area contributed by atoms with Gasteiger partial charge in [-0.3, -0.25) is 10.1 Å². The maximum absolute atomic E-state index is 11.0. The molecule has 1 N–H and O–H groups in total. The molecule has 0 bridgehead atoms. The fourth-order valence-electron chi connectivity index (χ4n) is 2.19. The van der Waals surface area contributed by atoms with E-state index in [1.165, 1.54) is 23.6 Å². The first-order valence-electron chi connectivity index (χ1n) is 7.30. The maximum Gasteiger partial charge on any atom is 0.292 e. The summed E-state index contributed by atoms with van der Waals surface area (Å²) < 4.78 is 0. The topological polar surface area (TPSA) is 91.8 Å². The predicted molar refractivity (Wildman–Crippen MR) is 97.9 cm³/mol. The monoisotopic (exact) mass is 348 g/mol. The Balaban J connectivity index is 1.87. The van der Waals surface area contributed by atoms with Gasteiger partial charge in [-0.05, 0) is 6.07 Å². The Labute approximate surface area is 147 Å². The molecule has 0 atom stereocenters. The largest absolute Gasteiger partial charge is 0.355 e. The van der Waals surface area contributed by atoms with Crippen molar-refractivity contribution in [1.82, 2.24) is 4.98 Å². The van der Waals surface area contributed by atoms with Crippen LogP contribution in [0.15, 0.2) is 66.2 Å². The quantitative estimate of drug-likeness (QED) is 0.410. The van der Waals surface area contributed by atoms with Gasteiger partial charge in [0.1, 0.15) is 22.3 Å². The number of nitrogens with one attached hydrogen (secondary N) is 1. The maximum atomic E-state index is 11.0. The molecule has 0 radical (unpaired) electrons. The lowest BCUT2D eigenvalue weighted by Crippen LogP contribution is -1.96. The Morgan fingerprint density at radius 3 is 2.64 bits per heavy atom. The highest BCUT2D eigenvalue weighted by atomic mass is 32.1. The van der Waals surface area contributed by atoms with Crippen LogP contribution in [0.2, 0.25) is 0 Å². The number of nitriles is 1. The van der Waals surface area contributed by atoms with Gasteiger partial charge in [-0.25, -0.2) is 4.98 Å². The average Bonchev–Trinajstić information content (AvgIpc) is 3.13. The molecular weight excluding hydrogens is 336 g/mol. The van der Waals surface area contributed by atoms with Crippen molar-refractivity contribution < 1.29 is 4.92 Å². The second kappa shape index (κ2) is 7.38. The van der Waals surface area contributed by atoms with Crippen molar-refractivity contribution in [3.05, 3.63) is 81.3 Å². The zero-order valence-electron chi connectivity index (χ0n) is 12.9. The number of allylic oxidation sites excluding steroid dienone is 1. The van der Waals surface area contributed by atoms with Gasteiger partial charge >= 0.3 is 0 Å². The van der Waals surface area contributed by atoms with Crippen LogP contribution in [-0.4, -0.2) is 9.91 Å². The van der Waals surface area contributed by atoms with Gasteiger partial charge in [0.2, 0.25) is 0 Å². The van der Waals surface area contributed by atoms with E-state index in [0.717, 1.165) is 11.3 Å². The van der Waals surface area contributed by atoms with Crippen molar-refractivity contribution in [3.63, 3.8) is 0 Å². The van der Waals surface area contributed by atoms with Crippen molar-refractivity contribution in [3.8, 4) is 17.3 Å². The van der Waals surface area contributed by atoms with Crippen LogP contribution >= 0.6 is 11.3 Å². The zero-order chi connectivity index (χ0) is 17.6. The second-order valence-corrected chi connectivity index (χ2v) is 5.85. The summed E-state index contributed by atoms with van der Waals surface area (Å²) in [6, 6.07) is 18.0. The van der Waals surface area contributed by atoms with E-state index in [1.54, 1.807) is 18.2 Å². The van der Waals surface area contributed by atoms with Crippen LogP contribution in [0.5, 0.6) is 0 Å². The van der Waals surface area contributed by atoms with Gasteiger partial charge in [0, 0.05) is 23.2 Å². The molecule has 0 unspecified atom stereocenters. The molecular formula is C18H12N4O2S. The van der Waals surface area contributed by atoms with Crippen LogP contribution in [0.4, 0.5) is 11.4 Å². The number of nitrogens with zero attached hydrogens (tertiary/aromatic N) is 3. The Bertz CT molecular complexity index is 974. The number of nitro groups is 1. The summed E-state index contributed by atoms with van der Waals surface area (Å²) in [5.74, 6) is 0. The molecule has 0 saturated heterocycles. The molecule has 0 saturated carbocycles. The summed E-state index contributed by atoms with van der Waals surface area (Å²) in [6.45, 7) is 0. The van der Waals surface area contributed by atoms with E-state index in [1.807, 2.05) is 35.7 Å². The summed E-state index contributed by atoms with van der Waals surface area (Å²) in [5, 5.41) is 25.7. The summed E-state index contributed by atoms with van der Waals surface area (Å²) in [5.41, 5.74) is 2.33. The van der Waals surface area contributed by atoms with Crippen LogP contribution < -0.4 is 5.32 Å². The number of anilines is 1. The number of thiazole rings is 1. The summed E-state index contributed by atoms with van der Waals surface area (Å²) in [4.78, 5) is 15.0. The first kappa shape index (κ1) is 16.4. The van der Waals surface area contributed by atoms with E-state index in [-0.39, 0.29) is 5.69 Å². The van der Waals surface area contributed by atoms with Crippen LogP contribution in [-0.2, 0) is 0 Å². The molecule has 0 aliphatic rings. The van der Waals surface area contributed by atoms with Gasteiger partial charge < -0.3 is 5.32 Å². The van der Waals surface area contributed by atoms with E-state index in [2.05, 4.69) is 16.4 Å². The number of nitro benzene ring substituents is 1. The molecule has 1 aromatic heterocycles. The molecule has 6 nitrogen and oxygen atoms in total. The number of aromatic nitrogens is 1. The lowest BCUT2D eigenvalue weighted by atomic mass is 10.2. The van der Waals surface area contributed by atoms with Gasteiger partial charge in [-0.15, -0.1) is 11.3 Å². The number of rotatable bonds is 5. The van der Waals surface area contributed by atoms with Crippen LogP contribution in [0.3, 0.4) is 0 Å². The molecule has 0 amide bonds. The molecule has 3 aromatic rings. The van der Waals surface area contributed by atoms with Gasteiger partial charge in [-0.1, -0.05) is 42.5 Å². The lowest BCUT2D eigenvalue weighted by molar-refractivity contribution is -0.383. The minimum atomic E-state index is -0.473.